The van der Waals surface area contributed by atoms with Crippen LogP contribution < -0.4 is 5.32 Å². The van der Waals surface area contributed by atoms with Crippen LogP contribution in [0.5, 0.6) is 0 Å². The molecule has 1 saturated carbocycles. The smallest absolute Gasteiger partial charge is 0.407 e. The number of rotatable bonds is 2. The molecule has 0 aromatic heterocycles. The number of nitrogens with one attached hydrogen (secondary N) is 1. The van der Waals surface area contributed by atoms with E-state index in [1.807, 2.05) is 20.8 Å². The maximum Gasteiger partial charge on any atom is 0.407 e. The normalized spacial score (nSPS) is 26.3. The summed E-state index contributed by atoms with van der Waals surface area (Å²) in [6.45, 7) is 9.90. The fourth-order valence-corrected chi connectivity index (χ4v) is 4.54. The highest BCUT2D eigenvalue weighted by Crippen LogP contribution is 2.25. The van der Waals surface area contributed by atoms with Crippen molar-refractivity contribution >= 4 is 17.9 Å². The van der Waals surface area contributed by atoms with Crippen LogP contribution in [0.2, 0.25) is 0 Å². The Kier molecular flexibility index (Phi) is 7.03. The second-order valence-corrected chi connectivity index (χ2v) is 9.48. The Bertz CT molecular complexity index is 596. The highest BCUT2D eigenvalue weighted by atomic mass is 16.6. The summed E-state index contributed by atoms with van der Waals surface area (Å²) in [5, 5.41) is 2.99. The minimum absolute atomic E-state index is 0.169. The third-order valence-electron chi connectivity index (χ3n) is 6.11. The van der Waals surface area contributed by atoms with E-state index in [-0.39, 0.29) is 23.9 Å². The Morgan fingerprint density at radius 1 is 0.793 bits per heavy atom. The van der Waals surface area contributed by atoms with Gasteiger partial charge in [-0.15, -0.1) is 0 Å². The molecule has 8 heteroatoms. The first-order valence-corrected chi connectivity index (χ1v) is 11.0. The van der Waals surface area contributed by atoms with Crippen LogP contribution in [0.25, 0.3) is 0 Å². The third-order valence-corrected chi connectivity index (χ3v) is 6.11. The number of hydrogen-bond donors (Lipinski definition) is 1. The van der Waals surface area contributed by atoms with Gasteiger partial charge in [0, 0.05) is 51.4 Å². The van der Waals surface area contributed by atoms with Crippen LogP contribution in [0.15, 0.2) is 0 Å². The SMILES string of the molecule is CC(C)(C)OC(=O)NC1CCC(N2CCN(C(=O)C(=O)N3CCCC3)CC2)CC1. The van der Waals surface area contributed by atoms with Gasteiger partial charge in [-0.2, -0.15) is 0 Å². The topological polar surface area (TPSA) is 82.2 Å². The average molecular weight is 409 g/mol. The molecule has 8 nitrogen and oxygen atoms in total. The summed E-state index contributed by atoms with van der Waals surface area (Å²) in [6.07, 6.45) is 5.60. The van der Waals surface area contributed by atoms with Crippen LogP contribution in [0.1, 0.15) is 59.3 Å². The van der Waals surface area contributed by atoms with E-state index in [4.69, 9.17) is 4.74 Å². The molecule has 0 radical (unpaired) electrons. The molecule has 2 heterocycles. The Morgan fingerprint density at radius 3 is 1.83 bits per heavy atom. The number of likely N-dealkylation sites (tertiary alicyclic amines) is 1. The van der Waals surface area contributed by atoms with Gasteiger partial charge in [0.05, 0.1) is 0 Å². The molecular weight excluding hydrogens is 372 g/mol. The molecule has 0 aromatic rings. The average Bonchev–Trinajstić information content (AvgIpc) is 3.21. The zero-order valence-electron chi connectivity index (χ0n) is 18.1. The lowest BCUT2D eigenvalue weighted by Crippen LogP contribution is -2.56. The van der Waals surface area contributed by atoms with Gasteiger partial charge in [0.2, 0.25) is 0 Å². The van der Waals surface area contributed by atoms with E-state index in [1.165, 1.54) is 0 Å². The van der Waals surface area contributed by atoms with Gasteiger partial charge in [0.15, 0.2) is 0 Å². The molecule has 0 aromatic carbocycles. The van der Waals surface area contributed by atoms with Gasteiger partial charge in [-0.1, -0.05) is 0 Å². The van der Waals surface area contributed by atoms with E-state index in [2.05, 4.69) is 10.2 Å². The number of amides is 3. The highest BCUT2D eigenvalue weighted by molar-refractivity contribution is 6.34. The van der Waals surface area contributed by atoms with Crippen LogP contribution in [0, 0.1) is 0 Å². The maximum absolute atomic E-state index is 12.5. The van der Waals surface area contributed by atoms with E-state index in [9.17, 15) is 14.4 Å². The number of ether oxygens (including phenoxy) is 1. The number of alkyl carbamates (subject to hydrolysis) is 1. The summed E-state index contributed by atoms with van der Waals surface area (Å²) >= 11 is 0. The number of carbonyl (C=O) groups is 3. The molecule has 2 aliphatic heterocycles. The Hall–Kier alpha value is -1.83. The molecule has 0 bridgehead atoms. The zero-order valence-corrected chi connectivity index (χ0v) is 18.1. The van der Waals surface area contributed by atoms with Crippen LogP contribution in [0.3, 0.4) is 0 Å². The molecule has 3 rings (SSSR count). The van der Waals surface area contributed by atoms with Crippen molar-refractivity contribution in [2.24, 2.45) is 0 Å². The second-order valence-electron chi connectivity index (χ2n) is 9.48. The molecule has 3 fully saturated rings. The number of hydrogen-bond acceptors (Lipinski definition) is 5. The molecule has 0 atom stereocenters. The van der Waals surface area contributed by atoms with Crippen LogP contribution in [0.4, 0.5) is 4.79 Å². The first-order chi connectivity index (χ1) is 13.7. The quantitative estimate of drug-likeness (QED) is 0.702. The summed E-state index contributed by atoms with van der Waals surface area (Å²) < 4.78 is 5.35. The molecular formula is C21H36N4O4. The fourth-order valence-electron chi connectivity index (χ4n) is 4.54. The Morgan fingerprint density at radius 2 is 1.31 bits per heavy atom. The fraction of sp³-hybridized carbons (Fsp3) is 0.857. The summed E-state index contributed by atoms with van der Waals surface area (Å²) in [5.74, 6) is -0.665. The first kappa shape index (κ1) is 21.9. The van der Waals surface area contributed by atoms with Crippen molar-refractivity contribution in [3.63, 3.8) is 0 Å². The van der Waals surface area contributed by atoms with Crippen LogP contribution in [-0.4, -0.2) is 89.6 Å². The summed E-state index contributed by atoms with van der Waals surface area (Å²) in [5.41, 5.74) is -0.478. The lowest BCUT2D eigenvalue weighted by molar-refractivity contribution is -0.152. The van der Waals surface area contributed by atoms with E-state index >= 15 is 0 Å². The molecule has 3 aliphatic rings. The van der Waals surface area contributed by atoms with E-state index in [0.29, 0.717) is 32.2 Å². The standard InChI is InChI=1S/C21H36N4O4/c1-21(2,3)29-20(28)22-16-6-8-17(9-7-16)23-12-14-25(15-13-23)19(27)18(26)24-10-4-5-11-24/h16-17H,4-15H2,1-3H3,(H,22,28). The largest absolute Gasteiger partial charge is 0.444 e. The van der Waals surface area contributed by atoms with Crippen molar-refractivity contribution in [2.45, 2.75) is 77.0 Å². The van der Waals surface area contributed by atoms with Crippen molar-refractivity contribution in [1.29, 1.82) is 0 Å². The predicted octanol–water partition coefficient (Wildman–Crippen LogP) is 1.59. The molecule has 1 aliphatic carbocycles. The minimum atomic E-state index is -0.478. The van der Waals surface area contributed by atoms with Crippen LogP contribution in [-0.2, 0) is 14.3 Å². The first-order valence-electron chi connectivity index (χ1n) is 11.0. The second kappa shape index (κ2) is 9.32. The molecule has 0 spiro atoms. The minimum Gasteiger partial charge on any atom is -0.444 e. The number of piperazine rings is 1. The van der Waals surface area contributed by atoms with Gasteiger partial charge in [-0.3, -0.25) is 14.5 Å². The molecule has 2 saturated heterocycles. The maximum atomic E-state index is 12.5. The number of nitrogens with zero attached hydrogens (tertiary/aromatic N) is 3. The van der Waals surface area contributed by atoms with Crippen LogP contribution >= 0.6 is 0 Å². The molecule has 3 amide bonds. The molecule has 0 unspecified atom stereocenters. The van der Waals surface area contributed by atoms with E-state index in [1.54, 1.807) is 9.80 Å². The lowest BCUT2D eigenvalue weighted by Gasteiger charge is -2.42. The molecule has 1 N–H and O–H groups in total. The van der Waals surface area contributed by atoms with E-state index < -0.39 is 5.60 Å². The predicted molar refractivity (Wildman–Crippen MR) is 109 cm³/mol. The van der Waals surface area contributed by atoms with Crippen molar-refractivity contribution in [1.82, 2.24) is 20.0 Å². The van der Waals surface area contributed by atoms with Gasteiger partial charge in [-0.25, -0.2) is 4.79 Å². The van der Waals surface area contributed by atoms with Gasteiger partial charge in [0.25, 0.3) is 0 Å². The van der Waals surface area contributed by atoms with Crippen molar-refractivity contribution in [2.75, 3.05) is 39.3 Å². The number of carbonyl (C=O) groups excluding carboxylic acids is 3. The third kappa shape index (κ3) is 6.07. The van der Waals surface area contributed by atoms with Crippen molar-refractivity contribution in [3.05, 3.63) is 0 Å². The Balaban J connectivity index is 1.38. The molecule has 29 heavy (non-hydrogen) atoms. The summed E-state index contributed by atoms with van der Waals surface area (Å²) in [4.78, 5) is 42.6. The van der Waals surface area contributed by atoms with Gasteiger partial charge in [0.1, 0.15) is 5.60 Å². The van der Waals surface area contributed by atoms with Crippen molar-refractivity contribution < 1.29 is 19.1 Å². The van der Waals surface area contributed by atoms with E-state index in [0.717, 1.165) is 51.6 Å². The lowest BCUT2D eigenvalue weighted by atomic mass is 9.90. The van der Waals surface area contributed by atoms with Gasteiger partial charge < -0.3 is 19.9 Å². The Labute approximate surface area is 173 Å². The van der Waals surface area contributed by atoms with Gasteiger partial charge in [-0.05, 0) is 59.3 Å². The molecule has 164 valence electrons. The summed E-state index contributed by atoms with van der Waals surface area (Å²) in [6, 6.07) is 0.653. The monoisotopic (exact) mass is 408 g/mol. The summed E-state index contributed by atoms with van der Waals surface area (Å²) in [7, 11) is 0. The van der Waals surface area contributed by atoms with Crippen molar-refractivity contribution in [3.8, 4) is 0 Å². The highest BCUT2D eigenvalue weighted by Gasteiger charge is 2.34. The van der Waals surface area contributed by atoms with Gasteiger partial charge >= 0.3 is 17.9 Å². The zero-order chi connectivity index (χ0) is 21.0.